The molecule has 2 aromatic heterocycles. The summed E-state index contributed by atoms with van der Waals surface area (Å²) in [6.07, 6.45) is 1.81. The van der Waals surface area contributed by atoms with Crippen LogP contribution in [0.2, 0.25) is 5.02 Å². The van der Waals surface area contributed by atoms with Crippen molar-refractivity contribution in [3.8, 4) is 17.3 Å². The predicted molar refractivity (Wildman–Crippen MR) is 93.4 cm³/mol. The van der Waals surface area contributed by atoms with Crippen LogP contribution in [-0.4, -0.2) is 29.3 Å². The molecule has 0 atom stereocenters. The topological polar surface area (TPSA) is 77.2 Å². The molecule has 3 rings (SSSR count). The van der Waals surface area contributed by atoms with Gasteiger partial charge in [-0.25, -0.2) is 0 Å². The van der Waals surface area contributed by atoms with Crippen molar-refractivity contribution >= 4 is 17.5 Å². The minimum Gasteiger partial charge on any atom is -0.475 e. The van der Waals surface area contributed by atoms with E-state index in [-0.39, 0.29) is 12.3 Å². The second-order valence-corrected chi connectivity index (χ2v) is 5.61. The number of hydrogen-bond donors (Lipinski definition) is 1. The third kappa shape index (κ3) is 4.81. The third-order valence-corrected chi connectivity index (χ3v) is 3.77. The highest BCUT2D eigenvalue weighted by molar-refractivity contribution is 6.31. The van der Waals surface area contributed by atoms with Gasteiger partial charge in [-0.3, -0.25) is 4.79 Å². The Morgan fingerprint density at radius 3 is 2.72 bits per heavy atom. The summed E-state index contributed by atoms with van der Waals surface area (Å²) in [4.78, 5) is 11.9. The maximum absolute atomic E-state index is 11.9. The fraction of sp³-hybridized carbons (Fsp3) is 0.167. The van der Waals surface area contributed by atoms with Gasteiger partial charge in [0.05, 0.1) is 19.2 Å². The van der Waals surface area contributed by atoms with Crippen molar-refractivity contribution in [3.63, 3.8) is 0 Å². The van der Waals surface area contributed by atoms with Crippen molar-refractivity contribution in [2.75, 3.05) is 13.2 Å². The molecule has 7 heteroatoms. The van der Waals surface area contributed by atoms with Crippen LogP contribution in [0.5, 0.6) is 5.88 Å². The molecule has 0 aliphatic rings. The molecule has 0 saturated carbocycles. The van der Waals surface area contributed by atoms with Crippen LogP contribution >= 0.6 is 11.6 Å². The predicted octanol–water partition coefficient (Wildman–Crippen LogP) is 3.13. The SMILES string of the molecule is O=C(Cc1ccccc1Cl)NCCOc1ccc(-c2ccco2)nn1. The van der Waals surface area contributed by atoms with Crippen LogP contribution in [0.1, 0.15) is 5.56 Å². The van der Waals surface area contributed by atoms with Crippen molar-refractivity contribution in [1.82, 2.24) is 15.5 Å². The second kappa shape index (κ2) is 8.30. The van der Waals surface area contributed by atoms with Gasteiger partial charge in [-0.1, -0.05) is 29.8 Å². The van der Waals surface area contributed by atoms with E-state index in [9.17, 15) is 4.79 Å². The Morgan fingerprint density at radius 2 is 2.00 bits per heavy atom. The highest BCUT2D eigenvalue weighted by Crippen LogP contribution is 2.18. The van der Waals surface area contributed by atoms with Gasteiger partial charge in [0.2, 0.25) is 11.8 Å². The Hall–Kier alpha value is -2.86. The van der Waals surface area contributed by atoms with Crippen molar-refractivity contribution in [2.45, 2.75) is 6.42 Å². The number of rotatable bonds is 7. The number of carbonyl (C=O) groups is 1. The van der Waals surface area contributed by atoms with Crippen LogP contribution in [0.15, 0.2) is 59.2 Å². The maximum Gasteiger partial charge on any atom is 0.233 e. The van der Waals surface area contributed by atoms with Gasteiger partial charge in [0.15, 0.2) is 5.76 Å². The van der Waals surface area contributed by atoms with E-state index < -0.39 is 0 Å². The lowest BCUT2D eigenvalue weighted by molar-refractivity contribution is -0.120. The molecule has 0 radical (unpaired) electrons. The lowest BCUT2D eigenvalue weighted by Crippen LogP contribution is -2.29. The Labute approximate surface area is 149 Å². The molecule has 1 aromatic carbocycles. The molecular weight excluding hydrogens is 342 g/mol. The number of furan rings is 1. The monoisotopic (exact) mass is 357 g/mol. The summed E-state index contributed by atoms with van der Waals surface area (Å²) in [7, 11) is 0. The highest BCUT2D eigenvalue weighted by Gasteiger charge is 2.07. The summed E-state index contributed by atoms with van der Waals surface area (Å²) in [6.45, 7) is 0.661. The van der Waals surface area contributed by atoms with Gasteiger partial charge in [-0.05, 0) is 29.8 Å². The van der Waals surface area contributed by atoms with Crippen LogP contribution in [0.4, 0.5) is 0 Å². The van der Waals surface area contributed by atoms with E-state index >= 15 is 0 Å². The first-order chi connectivity index (χ1) is 12.2. The van der Waals surface area contributed by atoms with Crippen LogP contribution in [0.25, 0.3) is 11.5 Å². The molecule has 128 valence electrons. The zero-order valence-electron chi connectivity index (χ0n) is 13.3. The standard InChI is InChI=1S/C18H16ClN3O3/c19-14-5-2-1-4-13(14)12-17(23)20-9-11-25-18-8-7-15(21-22-18)16-6-3-10-24-16/h1-8,10H,9,11-12H2,(H,20,23). The van der Waals surface area contributed by atoms with Gasteiger partial charge in [0.1, 0.15) is 12.3 Å². The van der Waals surface area contributed by atoms with Crippen LogP contribution in [0, 0.1) is 0 Å². The minimum absolute atomic E-state index is 0.115. The summed E-state index contributed by atoms with van der Waals surface area (Å²) in [6, 6.07) is 14.3. The first-order valence-electron chi connectivity index (χ1n) is 7.73. The first-order valence-corrected chi connectivity index (χ1v) is 8.10. The fourth-order valence-electron chi connectivity index (χ4n) is 2.18. The molecule has 1 N–H and O–H groups in total. The largest absolute Gasteiger partial charge is 0.475 e. The van der Waals surface area contributed by atoms with E-state index in [1.807, 2.05) is 18.2 Å². The zero-order valence-corrected chi connectivity index (χ0v) is 14.1. The van der Waals surface area contributed by atoms with E-state index in [4.69, 9.17) is 20.8 Å². The number of carbonyl (C=O) groups excluding carboxylic acids is 1. The van der Waals surface area contributed by atoms with Crippen LogP contribution in [0.3, 0.4) is 0 Å². The maximum atomic E-state index is 11.9. The quantitative estimate of drug-likeness (QED) is 0.657. The van der Waals surface area contributed by atoms with Crippen molar-refractivity contribution in [1.29, 1.82) is 0 Å². The minimum atomic E-state index is -0.115. The summed E-state index contributed by atoms with van der Waals surface area (Å²) in [5.41, 5.74) is 1.42. The van der Waals surface area contributed by atoms with E-state index in [0.717, 1.165) is 5.56 Å². The fourth-order valence-corrected chi connectivity index (χ4v) is 2.38. The molecule has 0 fully saturated rings. The lowest BCUT2D eigenvalue weighted by atomic mass is 10.1. The summed E-state index contributed by atoms with van der Waals surface area (Å²) < 4.78 is 10.7. The lowest BCUT2D eigenvalue weighted by Gasteiger charge is -2.08. The molecular formula is C18H16ClN3O3. The van der Waals surface area contributed by atoms with E-state index in [1.54, 1.807) is 36.6 Å². The number of ether oxygens (including phenoxy) is 1. The Bertz CT molecular complexity index is 820. The van der Waals surface area contributed by atoms with Gasteiger partial charge in [0, 0.05) is 11.1 Å². The first kappa shape index (κ1) is 17.0. The van der Waals surface area contributed by atoms with E-state index in [1.165, 1.54) is 0 Å². The molecule has 25 heavy (non-hydrogen) atoms. The van der Waals surface area contributed by atoms with Gasteiger partial charge in [-0.15, -0.1) is 10.2 Å². The number of halogens is 1. The third-order valence-electron chi connectivity index (χ3n) is 3.40. The number of nitrogens with zero attached hydrogens (tertiary/aromatic N) is 2. The number of hydrogen-bond acceptors (Lipinski definition) is 5. The molecule has 0 saturated heterocycles. The molecule has 1 amide bonds. The second-order valence-electron chi connectivity index (χ2n) is 5.20. The van der Waals surface area contributed by atoms with Gasteiger partial charge >= 0.3 is 0 Å². The molecule has 2 heterocycles. The molecule has 0 spiro atoms. The van der Waals surface area contributed by atoms with Gasteiger partial charge < -0.3 is 14.5 Å². The van der Waals surface area contributed by atoms with Crippen molar-refractivity contribution < 1.29 is 13.9 Å². The average molecular weight is 358 g/mol. The molecule has 3 aromatic rings. The van der Waals surface area contributed by atoms with E-state index in [2.05, 4.69) is 15.5 Å². The summed E-state index contributed by atoms with van der Waals surface area (Å²) in [5.74, 6) is 0.914. The number of amides is 1. The summed E-state index contributed by atoms with van der Waals surface area (Å²) >= 11 is 6.03. The molecule has 0 aliphatic heterocycles. The Balaban J connectivity index is 1.41. The van der Waals surface area contributed by atoms with Gasteiger partial charge in [-0.2, -0.15) is 0 Å². The van der Waals surface area contributed by atoms with Crippen LogP contribution in [-0.2, 0) is 11.2 Å². The molecule has 0 unspecified atom stereocenters. The van der Waals surface area contributed by atoms with Gasteiger partial charge in [0.25, 0.3) is 0 Å². The average Bonchev–Trinajstić information content (AvgIpc) is 3.16. The van der Waals surface area contributed by atoms with Crippen molar-refractivity contribution in [3.05, 3.63) is 65.4 Å². The van der Waals surface area contributed by atoms with Crippen LogP contribution < -0.4 is 10.1 Å². The molecule has 6 nitrogen and oxygen atoms in total. The number of aromatic nitrogens is 2. The number of nitrogens with one attached hydrogen (secondary N) is 1. The molecule has 0 aliphatic carbocycles. The van der Waals surface area contributed by atoms with E-state index in [0.29, 0.717) is 35.5 Å². The highest BCUT2D eigenvalue weighted by atomic mass is 35.5. The normalized spacial score (nSPS) is 10.4. The number of benzene rings is 1. The molecule has 0 bridgehead atoms. The van der Waals surface area contributed by atoms with Crippen molar-refractivity contribution in [2.24, 2.45) is 0 Å². The Morgan fingerprint density at radius 1 is 1.12 bits per heavy atom. The zero-order chi connectivity index (χ0) is 17.5. The smallest absolute Gasteiger partial charge is 0.233 e. The summed E-state index contributed by atoms with van der Waals surface area (Å²) in [5, 5.41) is 11.4. The Kier molecular flexibility index (Phi) is 5.64.